The topological polar surface area (TPSA) is 69.3 Å². The van der Waals surface area contributed by atoms with Gasteiger partial charge in [0.05, 0.1) is 24.4 Å². The Morgan fingerprint density at radius 3 is 2.89 bits per heavy atom. The van der Waals surface area contributed by atoms with Crippen molar-refractivity contribution in [2.45, 2.75) is 25.8 Å². The first kappa shape index (κ1) is 12.7. The summed E-state index contributed by atoms with van der Waals surface area (Å²) in [6, 6.07) is 4.04. The first-order valence-corrected chi connectivity index (χ1v) is 6.15. The molecule has 2 rings (SSSR count). The molecule has 1 saturated heterocycles. The van der Waals surface area contributed by atoms with Gasteiger partial charge >= 0.3 is 0 Å². The fraction of sp³-hybridized carbons (Fsp3) is 0.538. The van der Waals surface area contributed by atoms with E-state index in [1.165, 1.54) is 6.26 Å². The largest absolute Gasteiger partial charge is 0.469 e. The summed E-state index contributed by atoms with van der Waals surface area (Å²) < 4.78 is 5.12. The van der Waals surface area contributed by atoms with Crippen molar-refractivity contribution in [3.05, 3.63) is 23.7 Å². The highest BCUT2D eigenvalue weighted by Crippen LogP contribution is 2.13. The number of carbonyl (C=O) groups excluding carboxylic acids is 1. The number of nitrogens with one attached hydrogen (secondary N) is 1. The molecular weight excluding hydrogens is 230 g/mol. The van der Waals surface area contributed by atoms with E-state index in [4.69, 9.17) is 9.68 Å². The van der Waals surface area contributed by atoms with Gasteiger partial charge in [0.1, 0.15) is 5.76 Å². The minimum atomic E-state index is -0.0695. The Labute approximate surface area is 106 Å². The molecule has 5 nitrogen and oxygen atoms in total. The highest BCUT2D eigenvalue weighted by Gasteiger charge is 2.21. The van der Waals surface area contributed by atoms with Crippen LogP contribution in [0, 0.1) is 18.3 Å². The molecule has 0 atom stereocenters. The minimum absolute atomic E-state index is 0.0695. The van der Waals surface area contributed by atoms with Crippen molar-refractivity contribution in [2.75, 3.05) is 19.6 Å². The van der Waals surface area contributed by atoms with Gasteiger partial charge in [0.15, 0.2) is 0 Å². The number of likely N-dealkylation sites (tertiary alicyclic amines) is 1. The van der Waals surface area contributed by atoms with Crippen LogP contribution in [0.5, 0.6) is 0 Å². The highest BCUT2D eigenvalue weighted by atomic mass is 16.3. The second-order valence-corrected chi connectivity index (χ2v) is 4.57. The summed E-state index contributed by atoms with van der Waals surface area (Å²) in [5.74, 6) is 0.578. The summed E-state index contributed by atoms with van der Waals surface area (Å²) >= 11 is 0. The van der Waals surface area contributed by atoms with Crippen molar-refractivity contribution >= 4 is 5.91 Å². The Kier molecular flexibility index (Phi) is 4.00. The number of amides is 1. The Morgan fingerprint density at radius 1 is 1.61 bits per heavy atom. The van der Waals surface area contributed by atoms with Gasteiger partial charge in [-0.3, -0.25) is 9.69 Å². The first-order chi connectivity index (χ1) is 8.70. The maximum atomic E-state index is 12.0. The molecule has 1 aromatic heterocycles. The molecule has 18 heavy (non-hydrogen) atoms. The molecule has 0 unspecified atom stereocenters. The van der Waals surface area contributed by atoms with E-state index in [0.717, 1.165) is 25.9 Å². The molecule has 0 bridgehead atoms. The van der Waals surface area contributed by atoms with Crippen molar-refractivity contribution in [1.82, 2.24) is 10.2 Å². The second kappa shape index (κ2) is 5.69. The number of nitriles is 1. The third-order valence-corrected chi connectivity index (χ3v) is 3.32. The third-order valence-electron chi connectivity index (χ3n) is 3.32. The van der Waals surface area contributed by atoms with E-state index in [9.17, 15) is 4.79 Å². The van der Waals surface area contributed by atoms with Crippen LogP contribution in [0.25, 0.3) is 0 Å². The molecule has 1 aliphatic rings. The number of piperidine rings is 1. The zero-order valence-electron chi connectivity index (χ0n) is 10.5. The number of hydrogen-bond donors (Lipinski definition) is 1. The van der Waals surface area contributed by atoms with E-state index in [-0.39, 0.29) is 11.9 Å². The fourth-order valence-electron chi connectivity index (χ4n) is 2.22. The summed E-state index contributed by atoms with van der Waals surface area (Å²) in [7, 11) is 0. The molecule has 2 heterocycles. The Morgan fingerprint density at radius 2 is 2.33 bits per heavy atom. The summed E-state index contributed by atoms with van der Waals surface area (Å²) in [6.45, 7) is 3.98. The molecule has 0 aromatic carbocycles. The van der Waals surface area contributed by atoms with Crippen LogP contribution in [0.2, 0.25) is 0 Å². The molecule has 0 radical (unpaired) electrons. The molecule has 1 amide bonds. The van der Waals surface area contributed by atoms with E-state index in [1.54, 1.807) is 13.0 Å². The maximum Gasteiger partial charge on any atom is 0.255 e. The fourth-order valence-corrected chi connectivity index (χ4v) is 2.22. The second-order valence-electron chi connectivity index (χ2n) is 4.57. The smallest absolute Gasteiger partial charge is 0.255 e. The van der Waals surface area contributed by atoms with E-state index >= 15 is 0 Å². The lowest BCUT2D eigenvalue weighted by molar-refractivity contribution is 0.0913. The van der Waals surface area contributed by atoms with Crippen LogP contribution in [0.1, 0.15) is 29.0 Å². The van der Waals surface area contributed by atoms with Crippen molar-refractivity contribution < 1.29 is 9.21 Å². The zero-order chi connectivity index (χ0) is 13.0. The molecule has 1 N–H and O–H groups in total. The predicted molar refractivity (Wildman–Crippen MR) is 66.0 cm³/mol. The molecule has 0 aliphatic carbocycles. The van der Waals surface area contributed by atoms with Gasteiger partial charge in [0, 0.05) is 19.1 Å². The minimum Gasteiger partial charge on any atom is -0.469 e. The maximum absolute atomic E-state index is 12.0. The number of nitrogens with zero attached hydrogens (tertiary/aromatic N) is 2. The standard InChI is InChI=1S/C13H17N3O2/c1-10-12(4-9-18-10)13(17)15-11-2-6-16(7-3-11)8-5-14/h4,9,11H,2-3,6-8H2,1H3,(H,15,17). The quantitative estimate of drug-likeness (QED) is 0.817. The third kappa shape index (κ3) is 2.90. The van der Waals surface area contributed by atoms with Crippen LogP contribution < -0.4 is 5.32 Å². The molecule has 1 fully saturated rings. The van der Waals surface area contributed by atoms with Crippen LogP contribution in [-0.2, 0) is 0 Å². The number of aryl methyl sites for hydroxylation is 1. The van der Waals surface area contributed by atoms with Crippen molar-refractivity contribution in [3.63, 3.8) is 0 Å². The van der Waals surface area contributed by atoms with Gasteiger partial charge in [-0.2, -0.15) is 5.26 Å². The molecular formula is C13H17N3O2. The molecule has 0 saturated carbocycles. The van der Waals surface area contributed by atoms with E-state index in [0.29, 0.717) is 17.9 Å². The lowest BCUT2D eigenvalue weighted by atomic mass is 10.0. The van der Waals surface area contributed by atoms with Gasteiger partial charge in [-0.05, 0) is 25.8 Å². The summed E-state index contributed by atoms with van der Waals surface area (Å²) in [5.41, 5.74) is 0.606. The highest BCUT2D eigenvalue weighted by molar-refractivity contribution is 5.95. The normalized spacial score (nSPS) is 17.3. The van der Waals surface area contributed by atoms with Gasteiger partial charge in [0.2, 0.25) is 0 Å². The summed E-state index contributed by atoms with van der Waals surface area (Å²) in [4.78, 5) is 14.1. The van der Waals surface area contributed by atoms with Crippen molar-refractivity contribution in [3.8, 4) is 6.07 Å². The number of hydrogen-bond acceptors (Lipinski definition) is 4. The summed E-state index contributed by atoms with van der Waals surface area (Å²) in [6.07, 6.45) is 3.31. The van der Waals surface area contributed by atoms with E-state index in [1.807, 2.05) is 0 Å². The molecule has 1 aliphatic heterocycles. The summed E-state index contributed by atoms with van der Waals surface area (Å²) in [5, 5.41) is 11.6. The van der Waals surface area contributed by atoms with Crippen LogP contribution >= 0.6 is 0 Å². The van der Waals surface area contributed by atoms with Crippen LogP contribution in [0.3, 0.4) is 0 Å². The average molecular weight is 247 g/mol. The number of furan rings is 1. The Balaban J connectivity index is 1.84. The first-order valence-electron chi connectivity index (χ1n) is 6.15. The van der Waals surface area contributed by atoms with Crippen LogP contribution in [0.4, 0.5) is 0 Å². The lowest BCUT2D eigenvalue weighted by Gasteiger charge is -2.30. The van der Waals surface area contributed by atoms with Crippen LogP contribution in [0.15, 0.2) is 16.7 Å². The number of carbonyl (C=O) groups is 1. The lowest BCUT2D eigenvalue weighted by Crippen LogP contribution is -2.44. The van der Waals surface area contributed by atoms with Crippen molar-refractivity contribution in [1.29, 1.82) is 5.26 Å². The van der Waals surface area contributed by atoms with Gasteiger partial charge in [-0.25, -0.2) is 0 Å². The Hall–Kier alpha value is -1.80. The zero-order valence-corrected chi connectivity index (χ0v) is 10.5. The molecule has 5 heteroatoms. The van der Waals surface area contributed by atoms with Gasteiger partial charge in [0.25, 0.3) is 5.91 Å². The van der Waals surface area contributed by atoms with Crippen LogP contribution in [-0.4, -0.2) is 36.5 Å². The number of rotatable bonds is 3. The molecule has 0 spiro atoms. The molecule has 1 aromatic rings. The predicted octanol–water partition coefficient (Wildman–Crippen LogP) is 1.31. The van der Waals surface area contributed by atoms with Gasteiger partial charge in [-0.15, -0.1) is 0 Å². The SMILES string of the molecule is Cc1occc1C(=O)NC1CCN(CC#N)CC1. The van der Waals surface area contributed by atoms with Gasteiger partial charge in [-0.1, -0.05) is 0 Å². The van der Waals surface area contributed by atoms with Crippen molar-refractivity contribution in [2.24, 2.45) is 0 Å². The van der Waals surface area contributed by atoms with Gasteiger partial charge < -0.3 is 9.73 Å². The van der Waals surface area contributed by atoms with E-state index < -0.39 is 0 Å². The Bertz CT molecular complexity index is 453. The average Bonchev–Trinajstić information content (AvgIpc) is 2.78. The molecule has 96 valence electrons. The monoisotopic (exact) mass is 247 g/mol. The van der Waals surface area contributed by atoms with E-state index in [2.05, 4.69) is 16.3 Å².